The molecule has 1 aliphatic rings. The van der Waals surface area contributed by atoms with Gasteiger partial charge in [-0.05, 0) is 49.3 Å². The summed E-state index contributed by atoms with van der Waals surface area (Å²) in [5, 5.41) is 21.6. The summed E-state index contributed by atoms with van der Waals surface area (Å²) in [6.07, 6.45) is 2.97. The molecule has 0 bridgehead atoms. The van der Waals surface area contributed by atoms with E-state index in [4.69, 9.17) is 4.42 Å². The van der Waals surface area contributed by atoms with Crippen LogP contribution >= 0.6 is 23.1 Å². The van der Waals surface area contributed by atoms with E-state index in [1.54, 1.807) is 0 Å². The number of benzene rings is 1. The molecule has 3 aromatic rings. The number of anilines is 1. The Hall–Kier alpha value is -2.63. The summed E-state index contributed by atoms with van der Waals surface area (Å²) in [4.78, 5) is 13.7. The summed E-state index contributed by atoms with van der Waals surface area (Å²) < 4.78 is 5.69. The molecule has 0 unspecified atom stereocenters. The first kappa shape index (κ1) is 19.7. The summed E-state index contributed by atoms with van der Waals surface area (Å²) in [5.74, 6) is 1.01. The van der Waals surface area contributed by atoms with Crippen molar-refractivity contribution in [2.45, 2.75) is 38.3 Å². The number of aromatic nitrogens is 2. The molecule has 1 aromatic carbocycles. The minimum absolute atomic E-state index is 0.138. The second-order valence-corrected chi connectivity index (χ2v) is 9.22. The van der Waals surface area contributed by atoms with Crippen LogP contribution in [0.1, 0.15) is 34.9 Å². The van der Waals surface area contributed by atoms with Gasteiger partial charge in [0.25, 0.3) is 5.22 Å². The molecule has 29 heavy (non-hydrogen) atoms. The van der Waals surface area contributed by atoms with Crippen LogP contribution in [-0.4, -0.2) is 21.9 Å². The van der Waals surface area contributed by atoms with Crippen molar-refractivity contribution in [3.05, 3.63) is 45.8 Å². The summed E-state index contributed by atoms with van der Waals surface area (Å²) in [5.41, 5.74) is 3.66. The van der Waals surface area contributed by atoms with Gasteiger partial charge in [0, 0.05) is 10.4 Å². The zero-order chi connectivity index (χ0) is 20.4. The highest BCUT2D eigenvalue weighted by Gasteiger charge is 2.24. The van der Waals surface area contributed by atoms with Crippen molar-refractivity contribution < 1.29 is 9.21 Å². The van der Waals surface area contributed by atoms with Crippen molar-refractivity contribution in [1.29, 1.82) is 5.26 Å². The zero-order valence-electron chi connectivity index (χ0n) is 16.2. The fourth-order valence-corrected chi connectivity index (χ4v) is 5.38. The van der Waals surface area contributed by atoms with Crippen molar-refractivity contribution in [3.8, 4) is 17.5 Å². The lowest BCUT2D eigenvalue weighted by atomic mass is 9.89. The van der Waals surface area contributed by atoms with Crippen molar-refractivity contribution in [3.63, 3.8) is 0 Å². The van der Waals surface area contributed by atoms with Crippen LogP contribution in [0.4, 0.5) is 5.00 Å². The number of rotatable bonds is 5. The molecule has 1 atom stereocenters. The van der Waals surface area contributed by atoms with Crippen LogP contribution in [0.25, 0.3) is 11.5 Å². The molecular weight excluding hydrogens is 404 g/mol. The van der Waals surface area contributed by atoms with E-state index in [0.717, 1.165) is 36.0 Å². The van der Waals surface area contributed by atoms with Crippen LogP contribution in [0.2, 0.25) is 0 Å². The van der Waals surface area contributed by atoms with Crippen molar-refractivity contribution in [2.24, 2.45) is 5.92 Å². The van der Waals surface area contributed by atoms with E-state index in [-0.39, 0.29) is 11.7 Å². The van der Waals surface area contributed by atoms with E-state index in [9.17, 15) is 10.1 Å². The van der Waals surface area contributed by atoms with Gasteiger partial charge in [0.05, 0.1) is 11.3 Å². The third-order valence-electron chi connectivity index (χ3n) is 4.99. The van der Waals surface area contributed by atoms with Crippen LogP contribution in [0.3, 0.4) is 0 Å². The molecule has 0 fully saturated rings. The number of aryl methyl sites for hydroxylation is 1. The fraction of sp³-hybridized carbons (Fsp3) is 0.333. The topological polar surface area (TPSA) is 91.8 Å². The number of carbonyl (C=O) groups is 1. The van der Waals surface area contributed by atoms with E-state index in [1.807, 2.05) is 31.2 Å². The molecule has 4 rings (SSSR count). The Morgan fingerprint density at radius 3 is 3.03 bits per heavy atom. The van der Waals surface area contributed by atoms with E-state index in [1.165, 1.54) is 28.0 Å². The van der Waals surface area contributed by atoms with Gasteiger partial charge in [0.15, 0.2) is 0 Å². The molecule has 2 aromatic heterocycles. The number of carbonyl (C=O) groups excluding carboxylic acids is 1. The number of thioether (sulfide) groups is 1. The number of thiophene rings is 1. The highest BCUT2D eigenvalue weighted by molar-refractivity contribution is 7.99. The number of nitrogens with zero attached hydrogens (tertiary/aromatic N) is 3. The van der Waals surface area contributed by atoms with Crippen LogP contribution < -0.4 is 5.32 Å². The number of hydrogen-bond acceptors (Lipinski definition) is 7. The van der Waals surface area contributed by atoms with Crippen molar-refractivity contribution in [2.75, 3.05) is 11.1 Å². The van der Waals surface area contributed by atoms with E-state index >= 15 is 0 Å². The minimum Gasteiger partial charge on any atom is -0.411 e. The lowest BCUT2D eigenvalue weighted by molar-refractivity contribution is -0.113. The summed E-state index contributed by atoms with van der Waals surface area (Å²) >= 11 is 2.72. The molecule has 2 heterocycles. The first-order valence-corrected chi connectivity index (χ1v) is 11.2. The van der Waals surface area contributed by atoms with E-state index in [2.05, 4.69) is 28.5 Å². The second-order valence-electron chi connectivity index (χ2n) is 7.19. The van der Waals surface area contributed by atoms with Gasteiger partial charge in [-0.1, -0.05) is 36.9 Å². The molecule has 6 nitrogen and oxygen atoms in total. The van der Waals surface area contributed by atoms with Gasteiger partial charge in [0.2, 0.25) is 11.8 Å². The van der Waals surface area contributed by atoms with Gasteiger partial charge >= 0.3 is 0 Å². The molecular formula is C21H20N4O2S2. The predicted molar refractivity (Wildman–Crippen MR) is 114 cm³/mol. The quantitative estimate of drug-likeness (QED) is 0.590. The maximum Gasteiger partial charge on any atom is 0.277 e. The third-order valence-corrected chi connectivity index (χ3v) is 6.97. The van der Waals surface area contributed by atoms with Crippen LogP contribution in [0.5, 0.6) is 0 Å². The molecule has 0 saturated carbocycles. The second kappa shape index (κ2) is 8.39. The first-order chi connectivity index (χ1) is 14.0. The van der Waals surface area contributed by atoms with Gasteiger partial charge < -0.3 is 9.73 Å². The predicted octanol–water partition coefficient (Wildman–Crippen LogP) is 4.83. The Kier molecular flexibility index (Phi) is 5.69. The van der Waals surface area contributed by atoms with Crippen molar-refractivity contribution in [1.82, 2.24) is 10.2 Å². The molecule has 1 amide bonds. The summed E-state index contributed by atoms with van der Waals surface area (Å²) in [6, 6.07) is 10.0. The van der Waals surface area contributed by atoms with Gasteiger partial charge in [-0.15, -0.1) is 21.5 Å². The number of hydrogen-bond donors (Lipinski definition) is 1. The number of nitrogens with one attached hydrogen (secondary N) is 1. The maximum atomic E-state index is 12.4. The Morgan fingerprint density at radius 1 is 1.41 bits per heavy atom. The molecule has 0 saturated heterocycles. The van der Waals surface area contributed by atoms with Gasteiger partial charge in [0.1, 0.15) is 11.1 Å². The number of nitriles is 1. The summed E-state index contributed by atoms with van der Waals surface area (Å²) in [6.45, 7) is 4.20. The molecule has 8 heteroatoms. The zero-order valence-corrected chi connectivity index (χ0v) is 17.8. The van der Waals surface area contributed by atoms with Gasteiger partial charge in [-0.2, -0.15) is 5.26 Å². The van der Waals surface area contributed by atoms with Crippen LogP contribution in [0, 0.1) is 24.2 Å². The first-order valence-electron chi connectivity index (χ1n) is 9.42. The Bertz CT molecular complexity index is 1100. The Morgan fingerprint density at radius 2 is 2.24 bits per heavy atom. The Labute approximate surface area is 177 Å². The largest absolute Gasteiger partial charge is 0.411 e. The lowest BCUT2D eigenvalue weighted by Gasteiger charge is -2.17. The normalized spacial score (nSPS) is 15.6. The summed E-state index contributed by atoms with van der Waals surface area (Å²) in [7, 11) is 0. The highest BCUT2D eigenvalue weighted by Crippen LogP contribution is 2.39. The smallest absolute Gasteiger partial charge is 0.277 e. The monoisotopic (exact) mass is 424 g/mol. The molecule has 0 radical (unpaired) electrons. The van der Waals surface area contributed by atoms with Crippen LogP contribution in [0.15, 0.2) is 33.9 Å². The highest BCUT2D eigenvalue weighted by atomic mass is 32.2. The van der Waals surface area contributed by atoms with Crippen LogP contribution in [-0.2, 0) is 17.6 Å². The number of fused-ring (bicyclic) bond motifs is 1. The molecule has 148 valence electrons. The van der Waals surface area contributed by atoms with Gasteiger partial charge in [-0.3, -0.25) is 4.79 Å². The van der Waals surface area contributed by atoms with E-state index < -0.39 is 0 Å². The average molecular weight is 425 g/mol. The maximum absolute atomic E-state index is 12.4. The Balaban J connectivity index is 1.40. The molecule has 0 spiro atoms. The molecule has 1 N–H and O–H groups in total. The van der Waals surface area contributed by atoms with Crippen molar-refractivity contribution >= 4 is 34.0 Å². The third kappa shape index (κ3) is 4.21. The number of amides is 1. The lowest BCUT2D eigenvalue weighted by Crippen LogP contribution is -2.14. The van der Waals surface area contributed by atoms with Gasteiger partial charge in [-0.25, -0.2) is 0 Å². The molecule has 1 aliphatic carbocycles. The molecule has 0 aliphatic heterocycles. The SMILES string of the molecule is Cc1ccccc1-c1nnc(SCC(=O)Nc2sc3c(c2C#N)CC[C@@H](C)C3)o1. The fourth-order valence-electron chi connectivity index (χ4n) is 3.44. The standard InChI is InChI=1S/C21H20N4O2S2/c1-12-7-8-15-16(10-22)20(29-17(15)9-12)23-18(26)11-28-21-25-24-19(27-21)14-6-4-3-5-13(14)2/h3-6,12H,7-9,11H2,1-2H3,(H,23,26)/t12-/m1/s1. The average Bonchev–Trinajstić information content (AvgIpc) is 3.30. The minimum atomic E-state index is -0.186. The van der Waals surface area contributed by atoms with E-state index in [0.29, 0.717) is 27.6 Å².